The number of amides is 1. The van der Waals surface area contributed by atoms with Gasteiger partial charge in [0.1, 0.15) is 6.61 Å². The fourth-order valence-corrected chi connectivity index (χ4v) is 1.63. The number of aliphatic hydroxyl groups excluding tert-OH is 1. The van der Waals surface area contributed by atoms with E-state index in [2.05, 4.69) is 5.32 Å². The number of aliphatic hydroxyl groups is 1. The molecule has 1 saturated heterocycles. The van der Waals surface area contributed by atoms with Crippen molar-refractivity contribution in [1.29, 1.82) is 0 Å². The van der Waals surface area contributed by atoms with Crippen molar-refractivity contribution >= 4 is 11.8 Å². The Bertz CT molecular complexity index is 504. The third-order valence-corrected chi connectivity index (χ3v) is 2.58. The number of carbonyl (C=O) groups is 1. The van der Waals surface area contributed by atoms with Crippen molar-refractivity contribution in [2.45, 2.75) is 12.7 Å². The van der Waals surface area contributed by atoms with Crippen LogP contribution in [0.1, 0.15) is 5.56 Å². The molecule has 1 aromatic carbocycles. The second-order valence-electron chi connectivity index (χ2n) is 3.94. The Morgan fingerprint density at radius 3 is 2.95 bits per heavy atom. The largest absolute Gasteiger partial charge is 0.483 e. The van der Waals surface area contributed by atoms with E-state index >= 15 is 0 Å². The van der Waals surface area contributed by atoms with Gasteiger partial charge < -0.3 is 19.9 Å². The Hall–Kier alpha value is -2.35. The van der Waals surface area contributed by atoms with Gasteiger partial charge in [0, 0.05) is 6.07 Å². The van der Waals surface area contributed by atoms with Crippen molar-refractivity contribution in [3.05, 3.63) is 33.9 Å². The molecular formula is C11H12N2O6. The van der Waals surface area contributed by atoms with Gasteiger partial charge in [0.05, 0.1) is 18.1 Å². The van der Waals surface area contributed by atoms with Crippen LogP contribution in [0.3, 0.4) is 0 Å². The number of rotatable bonds is 5. The Morgan fingerprint density at radius 1 is 1.58 bits per heavy atom. The normalized spacial score (nSPS) is 17.7. The van der Waals surface area contributed by atoms with E-state index in [-0.39, 0.29) is 24.7 Å². The first kappa shape index (κ1) is 13.1. The molecule has 0 aliphatic carbocycles. The fourth-order valence-electron chi connectivity index (χ4n) is 1.63. The fraction of sp³-hybridized carbons (Fsp3) is 0.364. The number of nitro benzene ring substituents is 1. The summed E-state index contributed by atoms with van der Waals surface area (Å²) >= 11 is 0. The molecule has 102 valence electrons. The van der Waals surface area contributed by atoms with E-state index in [1.54, 1.807) is 0 Å². The van der Waals surface area contributed by atoms with E-state index in [9.17, 15) is 14.9 Å². The van der Waals surface area contributed by atoms with E-state index in [1.807, 2.05) is 0 Å². The van der Waals surface area contributed by atoms with Crippen LogP contribution in [0.15, 0.2) is 18.2 Å². The first-order valence-corrected chi connectivity index (χ1v) is 5.55. The van der Waals surface area contributed by atoms with Crippen LogP contribution in [0.25, 0.3) is 0 Å². The third kappa shape index (κ3) is 3.10. The number of benzene rings is 1. The zero-order valence-corrected chi connectivity index (χ0v) is 9.87. The number of alkyl carbamates (subject to hydrolysis) is 1. The number of nitro groups is 1. The lowest BCUT2D eigenvalue weighted by atomic mass is 10.2. The summed E-state index contributed by atoms with van der Waals surface area (Å²) in [5, 5.41) is 22.3. The summed E-state index contributed by atoms with van der Waals surface area (Å²) in [6.45, 7) is 0.0646. The number of hydrogen-bond acceptors (Lipinski definition) is 6. The first-order chi connectivity index (χ1) is 9.10. The van der Waals surface area contributed by atoms with Gasteiger partial charge in [-0.3, -0.25) is 10.1 Å². The molecule has 0 saturated carbocycles. The lowest BCUT2D eigenvalue weighted by Gasteiger charge is -2.11. The zero-order chi connectivity index (χ0) is 13.8. The van der Waals surface area contributed by atoms with Crippen LogP contribution in [0.5, 0.6) is 5.75 Å². The minimum atomic E-state index is -0.574. The quantitative estimate of drug-likeness (QED) is 0.596. The molecule has 8 nitrogen and oxygen atoms in total. The number of hydrogen-bond donors (Lipinski definition) is 2. The summed E-state index contributed by atoms with van der Waals surface area (Å²) in [5.41, 5.74) is 0.302. The van der Waals surface area contributed by atoms with E-state index in [0.717, 1.165) is 0 Å². The molecule has 0 spiro atoms. The average Bonchev–Trinajstić information content (AvgIpc) is 2.81. The van der Waals surface area contributed by atoms with Crippen LogP contribution >= 0.6 is 0 Å². The van der Waals surface area contributed by atoms with Crippen molar-refractivity contribution in [2.75, 3.05) is 13.2 Å². The lowest BCUT2D eigenvalue weighted by molar-refractivity contribution is -0.385. The molecule has 1 fully saturated rings. The van der Waals surface area contributed by atoms with E-state index in [4.69, 9.17) is 14.6 Å². The molecule has 2 N–H and O–H groups in total. The monoisotopic (exact) mass is 268 g/mol. The maximum absolute atomic E-state index is 10.8. The molecule has 1 aliphatic rings. The van der Waals surface area contributed by atoms with E-state index < -0.39 is 17.1 Å². The summed E-state index contributed by atoms with van der Waals surface area (Å²) in [7, 11) is 0. The molecule has 1 aliphatic heterocycles. The second-order valence-corrected chi connectivity index (χ2v) is 3.94. The molecule has 0 aromatic heterocycles. The number of cyclic esters (lactones) is 1. The highest BCUT2D eigenvalue weighted by molar-refractivity contribution is 5.69. The predicted molar refractivity (Wildman–Crippen MR) is 62.8 cm³/mol. The van der Waals surface area contributed by atoms with Crippen molar-refractivity contribution in [3.8, 4) is 5.75 Å². The molecule has 19 heavy (non-hydrogen) atoms. The summed E-state index contributed by atoms with van der Waals surface area (Å²) in [6.07, 6.45) is -1.02. The second kappa shape index (κ2) is 5.53. The molecular weight excluding hydrogens is 256 g/mol. The van der Waals surface area contributed by atoms with Crippen molar-refractivity contribution in [2.24, 2.45) is 0 Å². The van der Waals surface area contributed by atoms with E-state index in [0.29, 0.717) is 12.1 Å². The molecule has 1 unspecified atom stereocenters. The van der Waals surface area contributed by atoms with Crippen molar-refractivity contribution in [1.82, 2.24) is 5.32 Å². The first-order valence-electron chi connectivity index (χ1n) is 5.55. The number of ether oxygens (including phenoxy) is 2. The molecule has 2 rings (SSSR count). The number of carbonyl (C=O) groups excluding carboxylic acids is 1. The molecule has 0 radical (unpaired) electrons. The van der Waals surface area contributed by atoms with Crippen LogP contribution in [-0.2, 0) is 11.3 Å². The van der Waals surface area contributed by atoms with Gasteiger partial charge in [-0.25, -0.2) is 4.79 Å². The van der Waals surface area contributed by atoms with Crippen LogP contribution < -0.4 is 10.1 Å². The van der Waals surface area contributed by atoms with Crippen molar-refractivity contribution in [3.63, 3.8) is 0 Å². The number of nitrogens with one attached hydrogen (secondary N) is 1. The molecule has 1 atom stereocenters. The molecule has 1 amide bonds. The van der Waals surface area contributed by atoms with Gasteiger partial charge >= 0.3 is 11.8 Å². The zero-order valence-electron chi connectivity index (χ0n) is 9.87. The average molecular weight is 268 g/mol. The maximum Gasteiger partial charge on any atom is 0.407 e. The summed E-state index contributed by atoms with van der Waals surface area (Å²) in [5.74, 6) is 0.0412. The van der Waals surface area contributed by atoms with Gasteiger partial charge in [0.15, 0.2) is 11.9 Å². The smallest absolute Gasteiger partial charge is 0.407 e. The summed E-state index contributed by atoms with van der Waals surface area (Å²) in [6, 6.07) is 4.10. The van der Waals surface area contributed by atoms with Gasteiger partial charge in [-0.1, -0.05) is 0 Å². The Balaban J connectivity index is 2.08. The van der Waals surface area contributed by atoms with Gasteiger partial charge in [0.2, 0.25) is 0 Å². The Morgan fingerprint density at radius 2 is 2.37 bits per heavy atom. The Kier molecular flexibility index (Phi) is 3.81. The number of nitrogens with zero attached hydrogens (tertiary/aromatic N) is 1. The van der Waals surface area contributed by atoms with Crippen LogP contribution in [-0.4, -0.2) is 35.4 Å². The van der Waals surface area contributed by atoms with Crippen molar-refractivity contribution < 1.29 is 24.3 Å². The Labute approximate surface area is 108 Å². The summed E-state index contributed by atoms with van der Waals surface area (Å²) < 4.78 is 10.1. The van der Waals surface area contributed by atoms with Gasteiger partial charge in [0.25, 0.3) is 0 Å². The minimum absolute atomic E-state index is 0.00839. The molecule has 0 bridgehead atoms. The van der Waals surface area contributed by atoms with Crippen LogP contribution in [0, 0.1) is 10.1 Å². The SMILES string of the molecule is O=C1NCC(COc2cc(CO)ccc2[N+](=O)[O-])O1. The van der Waals surface area contributed by atoms with E-state index in [1.165, 1.54) is 18.2 Å². The highest BCUT2D eigenvalue weighted by Crippen LogP contribution is 2.28. The highest BCUT2D eigenvalue weighted by atomic mass is 16.6. The molecule has 1 aromatic rings. The molecule has 8 heteroatoms. The minimum Gasteiger partial charge on any atom is -0.483 e. The predicted octanol–water partition coefficient (Wildman–Crippen LogP) is 0.574. The third-order valence-electron chi connectivity index (χ3n) is 2.58. The van der Waals surface area contributed by atoms with Gasteiger partial charge in [-0.05, 0) is 17.7 Å². The van der Waals surface area contributed by atoms with Gasteiger partial charge in [-0.2, -0.15) is 0 Å². The molecule has 1 heterocycles. The topological polar surface area (TPSA) is 111 Å². The van der Waals surface area contributed by atoms with Crippen LogP contribution in [0.2, 0.25) is 0 Å². The van der Waals surface area contributed by atoms with Crippen LogP contribution in [0.4, 0.5) is 10.5 Å². The lowest BCUT2D eigenvalue weighted by Crippen LogP contribution is -2.22. The maximum atomic E-state index is 10.8. The van der Waals surface area contributed by atoms with Gasteiger partial charge in [-0.15, -0.1) is 0 Å². The highest BCUT2D eigenvalue weighted by Gasteiger charge is 2.24. The standard InChI is InChI=1S/C11H12N2O6/c14-5-7-1-2-9(13(16)17)10(3-7)18-6-8-4-12-11(15)19-8/h1-3,8,14H,4-6H2,(H,12,15). The summed E-state index contributed by atoms with van der Waals surface area (Å²) in [4.78, 5) is 21.1.